The minimum absolute atomic E-state index is 0.325. The molecule has 0 fully saturated rings. The van der Waals surface area contributed by atoms with Crippen LogP contribution in [-0.2, 0) is 19.1 Å². The summed E-state index contributed by atoms with van der Waals surface area (Å²) in [5.74, 6) is -2.25. The first-order valence-corrected chi connectivity index (χ1v) is 7.79. The summed E-state index contributed by atoms with van der Waals surface area (Å²) in [6.45, 7) is 2.79. The Morgan fingerprint density at radius 2 is 2.08 bits per heavy atom. The maximum Gasteiger partial charge on any atom is 0.370 e. The molecule has 0 aromatic rings. The van der Waals surface area contributed by atoms with Crippen LogP contribution in [0.4, 0.5) is 0 Å². The minimum atomic E-state index is -1.62. The minimum Gasteiger partial charge on any atom is -0.478 e. The molecular weight excluding hydrogens is 322 g/mol. The van der Waals surface area contributed by atoms with Crippen LogP contribution in [0.25, 0.3) is 0 Å². The molecule has 5 atom stereocenters. The largest absolute Gasteiger partial charge is 0.478 e. The summed E-state index contributed by atoms with van der Waals surface area (Å²) in [6.07, 6.45) is -2.52. The third-order valence-electron chi connectivity index (χ3n) is 3.59. The molecule has 0 spiro atoms. The van der Waals surface area contributed by atoms with E-state index in [0.29, 0.717) is 6.61 Å². The van der Waals surface area contributed by atoms with E-state index in [1.165, 1.54) is 13.0 Å². The number of hydrogen-bond donors (Lipinski definition) is 5. The number of aliphatic carboxylic acids is 1. The predicted octanol–water partition coefficient (Wildman–Crippen LogP) is -1.24. The summed E-state index contributed by atoms with van der Waals surface area (Å²) >= 11 is 0. The van der Waals surface area contributed by atoms with Crippen molar-refractivity contribution in [3.05, 3.63) is 11.8 Å². The van der Waals surface area contributed by atoms with Gasteiger partial charge in [0.25, 0.3) is 0 Å². The van der Waals surface area contributed by atoms with Gasteiger partial charge in [-0.1, -0.05) is 13.3 Å². The fourth-order valence-electron chi connectivity index (χ4n) is 2.34. The number of rotatable bonds is 9. The summed E-state index contributed by atoms with van der Waals surface area (Å²) in [6, 6.07) is -0.918. The van der Waals surface area contributed by atoms with Gasteiger partial charge in [0, 0.05) is 13.5 Å². The van der Waals surface area contributed by atoms with Gasteiger partial charge in [-0.25, -0.2) is 4.79 Å². The van der Waals surface area contributed by atoms with Crippen molar-refractivity contribution in [2.45, 2.75) is 57.1 Å². The Morgan fingerprint density at radius 3 is 2.58 bits per heavy atom. The first kappa shape index (κ1) is 20.4. The van der Waals surface area contributed by atoms with Crippen LogP contribution >= 0.6 is 0 Å². The number of amides is 1. The molecule has 0 aromatic heterocycles. The number of unbranched alkanes of at least 4 members (excludes halogenated alkanes) is 1. The van der Waals surface area contributed by atoms with Crippen molar-refractivity contribution in [1.29, 1.82) is 0 Å². The lowest BCUT2D eigenvalue weighted by molar-refractivity contribution is -0.151. The van der Waals surface area contributed by atoms with Crippen LogP contribution in [0, 0.1) is 0 Å². The highest BCUT2D eigenvalue weighted by Gasteiger charge is 2.43. The summed E-state index contributed by atoms with van der Waals surface area (Å²) in [4.78, 5) is 22.7. The summed E-state index contributed by atoms with van der Waals surface area (Å²) < 4.78 is 10.8. The lowest BCUT2D eigenvalue weighted by atomic mass is 9.93. The second-order valence-corrected chi connectivity index (χ2v) is 5.57. The zero-order valence-corrected chi connectivity index (χ0v) is 13.7. The van der Waals surface area contributed by atoms with Crippen molar-refractivity contribution in [1.82, 2.24) is 5.32 Å². The van der Waals surface area contributed by atoms with Gasteiger partial charge < -0.3 is 35.2 Å². The standard InChI is InChI=1S/C15H25NO8/c1-3-4-5-23-10-6-11(15(21)22)24-14(12(10)16-8(2)18)13(20)9(19)7-17/h6,9-10,12-14,17,19-20H,3-5,7H2,1-2H3,(H,16,18)(H,21,22)/t9-,10+,12-,13-,14-/m1/s1. The highest BCUT2D eigenvalue weighted by molar-refractivity contribution is 5.84. The number of hydrogen-bond acceptors (Lipinski definition) is 7. The van der Waals surface area contributed by atoms with E-state index in [-0.39, 0.29) is 0 Å². The van der Waals surface area contributed by atoms with Crippen molar-refractivity contribution in [3.63, 3.8) is 0 Å². The molecule has 1 amide bonds. The van der Waals surface area contributed by atoms with E-state index in [1.807, 2.05) is 6.92 Å². The number of carboxylic acid groups (broad SMARTS) is 1. The lowest BCUT2D eigenvalue weighted by Gasteiger charge is -2.39. The Labute approximate surface area is 139 Å². The molecule has 0 unspecified atom stereocenters. The third kappa shape index (κ3) is 5.45. The van der Waals surface area contributed by atoms with Crippen LogP contribution in [-0.4, -0.2) is 76.0 Å². The number of carboxylic acids is 1. The molecular formula is C15H25NO8. The number of carbonyl (C=O) groups is 2. The Balaban J connectivity index is 3.10. The second-order valence-electron chi connectivity index (χ2n) is 5.57. The SMILES string of the molecule is CCCCO[C@H]1C=C(C(=O)O)O[C@@H]([C@H](O)[C@H](O)CO)[C@@H]1NC(C)=O. The molecule has 24 heavy (non-hydrogen) atoms. The molecule has 0 saturated heterocycles. The van der Waals surface area contributed by atoms with E-state index in [0.717, 1.165) is 12.8 Å². The Bertz CT molecular complexity index is 466. The Morgan fingerprint density at radius 1 is 1.42 bits per heavy atom. The van der Waals surface area contributed by atoms with E-state index in [2.05, 4.69) is 5.32 Å². The number of aliphatic hydroxyl groups excluding tert-OH is 3. The van der Waals surface area contributed by atoms with Gasteiger partial charge in [0.1, 0.15) is 18.3 Å². The number of ether oxygens (including phenoxy) is 2. The molecule has 1 aliphatic rings. The van der Waals surface area contributed by atoms with Crippen LogP contribution in [0.15, 0.2) is 11.8 Å². The number of nitrogens with one attached hydrogen (secondary N) is 1. The van der Waals surface area contributed by atoms with E-state index >= 15 is 0 Å². The average molecular weight is 347 g/mol. The maximum atomic E-state index is 11.5. The zero-order valence-electron chi connectivity index (χ0n) is 13.7. The van der Waals surface area contributed by atoms with Crippen LogP contribution in [0.3, 0.4) is 0 Å². The summed E-state index contributed by atoms with van der Waals surface area (Å²) in [5.41, 5.74) is 0. The average Bonchev–Trinajstić information content (AvgIpc) is 2.54. The number of carbonyl (C=O) groups excluding carboxylic acids is 1. The first-order chi connectivity index (χ1) is 11.3. The van der Waals surface area contributed by atoms with Gasteiger partial charge in [-0.3, -0.25) is 4.79 Å². The normalized spacial score (nSPS) is 26.0. The smallest absolute Gasteiger partial charge is 0.370 e. The predicted molar refractivity (Wildman–Crippen MR) is 81.9 cm³/mol. The van der Waals surface area contributed by atoms with Crippen LogP contribution < -0.4 is 5.32 Å². The first-order valence-electron chi connectivity index (χ1n) is 7.79. The summed E-state index contributed by atoms with van der Waals surface area (Å²) in [7, 11) is 0. The lowest BCUT2D eigenvalue weighted by Crippen LogP contribution is -2.60. The molecule has 1 heterocycles. The van der Waals surface area contributed by atoms with E-state index in [1.54, 1.807) is 0 Å². The molecule has 9 heteroatoms. The molecule has 0 radical (unpaired) electrons. The highest BCUT2D eigenvalue weighted by atomic mass is 16.5. The third-order valence-corrected chi connectivity index (χ3v) is 3.59. The van der Waals surface area contributed by atoms with Gasteiger partial charge >= 0.3 is 5.97 Å². The van der Waals surface area contributed by atoms with Gasteiger partial charge in [0.05, 0.1) is 12.6 Å². The quantitative estimate of drug-likeness (QED) is 0.326. The molecule has 138 valence electrons. The van der Waals surface area contributed by atoms with Gasteiger partial charge in [0.2, 0.25) is 11.7 Å². The van der Waals surface area contributed by atoms with Gasteiger partial charge in [0.15, 0.2) is 6.10 Å². The van der Waals surface area contributed by atoms with Gasteiger partial charge in [-0.2, -0.15) is 0 Å². The molecule has 0 saturated carbocycles. The number of aliphatic hydroxyl groups is 3. The van der Waals surface area contributed by atoms with E-state index in [9.17, 15) is 19.8 Å². The molecule has 1 aliphatic heterocycles. The van der Waals surface area contributed by atoms with Crippen molar-refractivity contribution < 1.29 is 39.5 Å². The molecule has 9 nitrogen and oxygen atoms in total. The van der Waals surface area contributed by atoms with Crippen molar-refractivity contribution in [2.75, 3.05) is 13.2 Å². The highest BCUT2D eigenvalue weighted by Crippen LogP contribution is 2.25. The fourth-order valence-corrected chi connectivity index (χ4v) is 2.34. The van der Waals surface area contributed by atoms with Crippen molar-refractivity contribution >= 4 is 11.9 Å². The maximum absolute atomic E-state index is 11.5. The van der Waals surface area contributed by atoms with Crippen LogP contribution in [0.5, 0.6) is 0 Å². The van der Waals surface area contributed by atoms with Crippen LogP contribution in [0.1, 0.15) is 26.7 Å². The van der Waals surface area contributed by atoms with Crippen LogP contribution in [0.2, 0.25) is 0 Å². The van der Waals surface area contributed by atoms with Gasteiger partial charge in [-0.05, 0) is 12.5 Å². The molecule has 0 aliphatic carbocycles. The monoisotopic (exact) mass is 347 g/mol. The molecule has 0 bridgehead atoms. The molecule has 1 rings (SSSR count). The Hall–Kier alpha value is -1.68. The van der Waals surface area contributed by atoms with Crippen molar-refractivity contribution in [3.8, 4) is 0 Å². The van der Waals surface area contributed by atoms with Gasteiger partial charge in [-0.15, -0.1) is 0 Å². The zero-order chi connectivity index (χ0) is 18.3. The topological polar surface area (TPSA) is 146 Å². The Kier molecular flexibility index (Phi) is 8.13. The van der Waals surface area contributed by atoms with E-state index in [4.69, 9.17) is 19.7 Å². The fraction of sp³-hybridized carbons (Fsp3) is 0.733. The van der Waals surface area contributed by atoms with E-state index < -0.39 is 54.7 Å². The second kappa shape index (κ2) is 9.58. The van der Waals surface area contributed by atoms with Crippen molar-refractivity contribution in [2.24, 2.45) is 0 Å². The molecule has 5 N–H and O–H groups in total. The molecule has 0 aromatic carbocycles. The summed E-state index contributed by atoms with van der Waals surface area (Å²) in [5, 5.41) is 40.5.